The number of amides is 1. The Morgan fingerprint density at radius 2 is 1.95 bits per heavy atom. The van der Waals surface area contributed by atoms with E-state index < -0.39 is 16.4 Å². The van der Waals surface area contributed by atoms with E-state index in [4.69, 9.17) is 0 Å². The van der Waals surface area contributed by atoms with Crippen LogP contribution in [0.15, 0.2) is 18.2 Å². The number of benzene rings is 1. The number of carbonyl (C=O) groups excluding carboxylic acids is 1. The molecule has 21 heavy (non-hydrogen) atoms. The highest BCUT2D eigenvalue weighted by Crippen LogP contribution is 2.65. The van der Waals surface area contributed by atoms with Crippen LogP contribution in [0.3, 0.4) is 0 Å². The van der Waals surface area contributed by atoms with E-state index in [1.165, 1.54) is 25.3 Å². The number of halogens is 1. The summed E-state index contributed by atoms with van der Waals surface area (Å²) in [6.07, 6.45) is 3.84. The van der Waals surface area contributed by atoms with Crippen LogP contribution in [0.1, 0.15) is 29.6 Å². The molecule has 4 atom stereocenters. The molecule has 3 aliphatic carbocycles. The second-order valence-electron chi connectivity index (χ2n) is 6.41. The molecule has 0 aliphatic heterocycles. The highest BCUT2D eigenvalue weighted by Gasteiger charge is 2.65. The van der Waals surface area contributed by atoms with Crippen molar-refractivity contribution in [1.82, 2.24) is 5.32 Å². The van der Waals surface area contributed by atoms with Gasteiger partial charge in [-0.2, -0.15) is 4.39 Å². The molecule has 0 radical (unpaired) electrons. The minimum Gasteiger partial charge on any atom is -0.349 e. The summed E-state index contributed by atoms with van der Waals surface area (Å²) >= 11 is 0. The molecule has 0 spiro atoms. The van der Waals surface area contributed by atoms with Gasteiger partial charge in [0.25, 0.3) is 5.91 Å². The number of carbonyl (C=O) groups is 1. The quantitative estimate of drug-likeness (QED) is 0.686. The maximum atomic E-state index is 13.6. The van der Waals surface area contributed by atoms with Crippen LogP contribution in [0.2, 0.25) is 0 Å². The van der Waals surface area contributed by atoms with E-state index in [9.17, 15) is 19.3 Å². The van der Waals surface area contributed by atoms with E-state index in [0.717, 1.165) is 24.0 Å². The van der Waals surface area contributed by atoms with E-state index in [1.54, 1.807) is 0 Å². The van der Waals surface area contributed by atoms with E-state index in [1.807, 2.05) is 0 Å². The molecule has 3 saturated carbocycles. The largest absolute Gasteiger partial charge is 0.349 e. The number of nitrogens with one attached hydrogen (secondary N) is 1. The highest BCUT2D eigenvalue weighted by atomic mass is 19.1. The van der Waals surface area contributed by atoms with E-state index >= 15 is 0 Å². The zero-order chi connectivity index (χ0) is 14.7. The molecule has 2 bridgehead atoms. The van der Waals surface area contributed by atoms with Gasteiger partial charge in [0.1, 0.15) is 0 Å². The molecule has 0 heterocycles. The Morgan fingerprint density at radius 3 is 2.52 bits per heavy atom. The number of rotatable bonds is 3. The Balaban J connectivity index is 1.47. The van der Waals surface area contributed by atoms with Gasteiger partial charge in [0.15, 0.2) is 0 Å². The molecule has 1 aromatic rings. The summed E-state index contributed by atoms with van der Waals surface area (Å²) in [7, 11) is 0. The first-order valence-corrected chi connectivity index (χ1v) is 7.31. The van der Waals surface area contributed by atoms with Gasteiger partial charge >= 0.3 is 5.69 Å². The van der Waals surface area contributed by atoms with E-state index in [2.05, 4.69) is 5.32 Å². The first-order chi connectivity index (χ1) is 10.1. The Kier molecular flexibility index (Phi) is 2.58. The minimum atomic E-state index is -0.969. The number of hydrogen-bond donors (Lipinski definition) is 1. The fraction of sp³-hybridized carbons (Fsp3) is 0.533. The number of hydrogen-bond acceptors (Lipinski definition) is 3. The molecule has 6 heteroatoms. The smallest absolute Gasteiger partial charge is 0.304 e. The van der Waals surface area contributed by atoms with Crippen molar-refractivity contribution in [3.63, 3.8) is 0 Å². The maximum absolute atomic E-state index is 13.6. The maximum Gasteiger partial charge on any atom is 0.304 e. The van der Waals surface area contributed by atoms with Crippen molar-refractivity contribution < 1.29 is 14.1 Å². The van der Waals surface area contributed by atoms with Gasteiger partial charge in [-0.15, -0.1) is 0 Å². The molecule has 4 rings (SSSR count). The number of nitro groups is 1. The van der Waals surface area contributed by atoms with Crippen LogP contribution >= 0.6 is 0 Å². The highest BCUT2D eigenvalue weighted by molar-refractivity contribution is 5.95. The fourth-order valence-corrected chi connectivity index (χ4v) is 4.55. The molecule has 5 nitrogen and oxygen atoms in total. The van der Waals surface area contributed by atoms with Gasteiger partial charge in [-0.05, 0) is 55.1 Å². The van der Waals surface area contributed by atoms with E-state index in [-0.39, 0.29) is 17.5 Å². The molecule has 0 saturated heterocycles. The summed E-state index contributed by atoms with van der Waals surface area (Å²) < 4.78 is 13.6. The fourth-order valence-electron chi connectivity index (χ4n) is 4.55. The average molecular weight is 290 g/mol. The van der Waals surface area contributed by atoms with Crippen molar-refractivity contribution in [3.8, 4) is 0 Å². The van der Waals surface area contributed by atoms with Crippen LogP contribution in [0.25, 0.3) is 0 Å². The predicted molar refractivity (Wildman–Crippen MR) is 72.1 cm³/mol. The Bertz CT molecular complexity index is 632. The van der Waals surface area contributed by atoms with Crippen LogP contribution in [-0.2, 0) is 0 Å². The molecule has 3 aliphatic rings. The Morgan fingerprint density at radius 1 is 1.29 bits per heavy atom. The molecule has 3 fully saturated rings. The van der Waals surface area contributed by atoms with Crippen LogP contribution in [-0.4, -0.2) is 16.9 Å². The lowest BCUT2D eigenvalue weighted by molar-refractivity contribution is -0.387. The standard InChI is InChI=1S/C15H15FN2O3/c16-10-6-9(3-4-11(10)18(20)21)15(19)17-14-12-7-1-2-8(5-7)13(12)14/h3-4,6-8,12-14H,1-2,5H2,(H,17,19). The monoisotopic (exact) mass is 290 g/mol. The lowest BCUT2D eigenvalue weighted by Crippen LogP contribution is -2.30. The molecule has 0 aromatic heterocycles. The van der Waals surface area contributed by atoms with E-state index in [0.29, 0.717) is 11.8 Å². The van der Waals surface area contributed by atoms with Gasteiger partial charge in [0.2, 0.25) is 5.82 Å². The first-order valence-electron chi connectivity index (χ1n) is 7.31. The third-order valence-electron chi connectivity index (χ3n) is 5.44. The van der Waals surface area contributed by atoms with Crippen molar-refractivity contribution in [2.24, 2.45) is 23.7 Å². The average Bonchev–Trinajstić information content (AvgIpc) is 2.83. The van der Waals surface area contributed by atoms with Gasteiger partial charge < -0.3 is 5.32 Å². The lowest BCUT2D eigenvalue weighted by atomic mass is 10.0. The number of nitrogens with zero attached hydrogens (tertiary/aromatic N) is 1. The van der Waals surface area contributed by atoms with Gasteiger partial charge in [-0.1, -0.05) is 0 Å². The zero-order valence-electron chi connectivity index (χ0n) is 11.3. The SMILES string of the molecule is O=C(NC1C2C3CCC(C3)C12)c1ccc([N+](=O)[O-])c(F)c1. The summed E-state index contributed by atoms with van der Waals surface area (Å²) in [5.74, 6) is 1.41. The lowest BCUT2D eigenvalue weighted by Gasteiger charge is -2.10. The summed E-state index contributed by atoms with van der Waals surface area (Å²) in [6.45, 7) is 0. The molecule has 1 N–H and O–H groups in total. The topological polar surface area (TPSA) is 72.2 Å². The minimum absolute atomic E-state index is 0.149. The molecule has 1 amide bonds. The van der Waals surface area contributed by atoms with Crippen molar-refractivity contribution >= 4 is 11.6 Å². The molecular formula is C15H15FN2O3. The van der Waals surface area contributed by atoms with Gasteiger partial charge in [0.05, 0.1) is 4.92 Å². The van der Waals surface area contributed by atoms with Crippen LogP contribution in [0, 0.1) is 39.6 Å². The third kappa shape index (κ3) is 1.85. The molecule has 110 valence electrons. The summed E-state index contributed by atoms with van der Waals surface area (Å²) in [5, 5.41) is 13.5. The van der Waals surface area contributed by atoms with Gasteiger partial charge in [-0.3, -0.25) is 14.9 Å². The summed E-state index contributed by atoms with van der Waals surface area (Å²) in [6, 6.07) is 3.52. The predicted octanol–water partition coefficient (Wildman–Crippen LogP) is 2.51. The van der Waals surface area contributed by atoms with Gasteiger partial charge in [0, 0.05) is 17.7 Å². The normalized spacial score (nSPS) is 35.4. The number of fused-ring (bicyclic) bond motifs is 5. The first kappa shape index (κ1) is 12.7. The number of nitro benzene ring substituents is 1. The summed E-state index contributed by atoms with van der Waals surface area (Å²) in [5.41, 5.74) is -0.455. The molecular weight excluding hydrogens is 275 g/mol. The zero-order valence-corrected chi connectivity index (χ0v) is 11.3. The molecule has 1 aromatic carbocycles. The van der Waals surface area contributed by atoms with Crippen LogP contribution < -0.4 is 5.32 Å². The Hall–Kier alpha value is -1.98. The summed E-state index contributed by atoms with van der Waals surface area (Å²) in [4.78, 5) is 21.9. The Labute approximate surface area is 120 Å². The second-order valence-corrected chi connectivity index (χ2v) is 6.41. The van der Waals surface area contributed by atoms with Crippen molar-refractivity contribution in [3.05, 3.63) is 39.7 Å². The van der Waals surface area contributed by atoms with Crippen molar-refractivity contribution in [1.29, 1.82) is 0 Å². The van der Waals surface area contributed by atoms with Crippen LogP contribution in [0.5, 0.6) is 0 Å². The van der Waals surface area contributed by atoms with Crippen molar-refractivity contribution in [2.75, 3.05) is 0 Å². The van der Waals surface area contributed by atoms with Gasteiger partial charge in [-0.25, -0.2) is 0 Å². The van der Waals surface area contributed by atoms with Crippen LogP contribution in [0.4, 0.5) is 10.1 Å². The third-order valence-corrected chi connectivity index (χ3v) is 5.44. The second kappa shape index (κ2) is 4.26. The molecule has 4 unspecified atom stereocenters. The van der Waals surface area contributed by atoms with Crippen molar-refractivity contribution in [2.45, 2.75) is 25.3 Å².